The predicted octanol–water partition coefficient (Wildman–Crippen LogP) is 0.539. The number of aliphatic imine (C=N–C) groups is 1. The second-order valence-electron chi connectivity index (χ2n) is 1.47. The normalized spacial score (nSPS) is 15.2. The summed E-state index contributed by atoms with van der Waals surface area (Å²) in [7, 11) is 0. The van der Waals surface area contributed by atoms with Crippen LogP contribution in [0.15, 0.2) is 29.0 Å². The van der Waals surface area contributed by atoms with Crippen LogP contribution in [0.3, 0.4) is 0 Å². The van der Waals surface area contributed by atoms with Crippen LogP contribution in [0.4, 0.5) is 0 Å². The Balaban J connectivity index is 2.82. The van der Waals surface area contributed by atoms with E-state index in [1.54, 1.807) is 12.3 Å². The fourth-order valence-corrected chi connectivity index (χ4v) is 0.451. The average Bonchev–Trinajstić information content (AvgIpc) is 2.13. The number of hydrogen-bond donors (Lipinski definition) is 1. The number of rotatable bonds is 0. The predicted molar refractivity (Wildman–Crippen MR) is 34.5 cm³/mol. The van der Waals surface area contributed by atoms with Crippen molar-refractivity contribution in [2.24, 2.45) is 4.99 Å². The van der Waals surface area contributed by atoms with E-state index >= 15 is 0 Å². The minimum absolute atomic E-state index is 0.552. The third kappa shape index (κ3) is 1.42. The molecule has 0 saturated heterocycles. The molecule has 1 aliphatic rings. The van der Waals surface area contributed by atoms with Crippen LogP contribution in [0, 0.1) is 11.3 Å². The molecule has 3 heteroatoms. The topological polar surface area (TPSA) is 48.2 Å². The molecule has 0 radical (unpaired) electrons. The highest BCUT2D eigenvalue weighted by Gasteiger charge is 1.86. The Labute approximate surface area is 53.0 Å². The summed E-state index contributed by atoms with van der Waals surface area (Å²) in [5.74, 6) is 0. The van der Waals surface area contributed by atoms with Gasteiger partial charge >= 0.3 is 0 Å². The largest absolute Gasteiger partial charge is 0.353 e. The molecule has 1 N–H and O–H groups in total. The molecule has 0 aliphatic carbocycles. The molecule has 3 nitrogen and oxygen atoms in total. The van der Waals surface area contributed by atoms with Crippen LogP contribution in [0.2, 0.25) is 0 Å². The van der Waals surface area contributed by atoms with Gasteiger partial charge in [0.05, 0.1) is 11.9 Å². The first-order valence-electron chi connectivity index (χ1n) is 2.48. The lowest BCUT2D eigenvalue weighted by molar-refractivity contribution is 1.32. The first-order valence-corrected chi connectivity index (χ1v) is 2.48. The Bertz CT molecular complexity index is 217. The summed E-state index contributed by atoms with van der Waals surface area (Å²) in [6, 6.07) is 1.96. The van der Waals surface area contributed by atoms with Crippen LogP contribution in [0.1, 0.15) is 0 Å². The summed E-state index contributed by atoms with van der Waals surface area (Å²) < 4.78 is 0. The number of allylic oxidation sites excluding steroid dienone is 2. The van der Waals surface area contributed by atoms with Crippen molar-refractivity contribution in [1.82, 2.24) is 5.32 Å². The molecule has 0 bridgehead atoms. The van der Waals surface area contributed by atoms with Crippen molar-refractivity contribution in [3.05, 3.63) is 24.0 Å². The smallest absolute Gasteiger partial charge is 0.101 e. The summed E-state index contributed by atoms with van der Waals surface area (Å²) in [4.78, 5) is 3.74. The van der Waals surface area contributed by atoms with E-state index in [2.05, 4.69) is 10.3 Å². The van der Waals surface area contributed by atoms with Crippen LogP contribution in [0.5, 0.6) is 0 Å². The lowest BCUT2D eigenvalue weighted by Crippen LogP contribution is -1.97. The van der Waals surface area contributed by atoms with E-state index in [1.807, 2.05) is 6.07 Å². The highest BCUT2D eigenvalue weighted by atomic mass is 14.9. The number of nitrogens with zero attached hydrogens (tertiary/aromatic N) is 2. The van der Waals surface area contributed by atoms with Crippen molar-refractivity contribution in [3.8, 4) is 6.07 Å². The standard InChI is InChI=1S/C6H5N3/c7-3-6-1-2-8-5-9-4-6/h1-2,4-5H,(H,8,9). The van der Waals surface area contributed by atoms with Gasteiger partial charge in [0.2, 0.25) is 0 Å². The van der Waals surface area contributed by atoms with Crippen molar-refractivity contribution in [2.75, 3.05) is 0 Å². The number of nitriles is 1. The molecule has 0 aromatic rings. The van der Waals surface area contributed by atoms with Crippen molar-refractivity contribution >= 4 is 6.34 Å². The van der Waals surface area contributed by atoms with E-state index in [1.165, 1.54) is 12.5 Å². The second kappa shape index (κ2) is 2.68. The van der Waals surface area contributed by atoms with Gasteiger partial charge in [0.15, 0.2) is 0 Å². The molecular weight excluding hydrogens is 114 g/mol. The van der Waals surface area contributed by atoms with Gasteiger partial charge in [-0.25, -0.2) is 4.99 Å². The summed E-state index contributed by atoms with van der Waals surface area (Å²) in [5.41, 5.74) is 0.552. The van der Waals surface area contributed by atoms with Gasteiger partial charge in [-0.15, -0.1) is 0 Å². The van der Waals surface area contributed by atoms with Crippen molar-refractivity contribution in [1.29, 1.82) is 5.26 Å². The lowest BCUT2D eigenvalue weighted by Gasteiger charge is -1.79. The van der Waals surface area contributed by atoms with Crippen LogP contribution >= 0.6 is 0 Å². The molecule has 9 heavy (non-hydrogen) atoms. The average molecular weight is 119 g/mol. The zero-order valence-electron chi connectivity index (χ0n) is 4.70. The summed E-state index contributed by atoms with van der Waals surface area (Å²) >= 11 is 0. The van der Waals surface area contributed by atoms with Crippen LogP contribution in [0.25, 0.3) is 0 Å². The SMILES string of the molecule is N#CC1=CN=CNC=C1. The van der Waals surface area contributed by atoms with E-state index in [0.717, 1.165) is 0 Å². The molecule has 0 aromatic heterocycles. The maximum atomic E-state index is 8.34. The van der Waals surface area contributed by atoms with Gasteiger partial charge in [0.1, 0.15) is 6.07 Å². The maximum absolute atomic E-state index is 8.34. The number of nitrogens with one attached hydrogen (secondary N) is 1. The van der Waals surface area contributed by atoms with Gasteiger partial charge in [-0.05, 0) is 6.08 Å². The minimum Gasteiger partial charge on any atom is -0.353 e. The van der Waals surface area contributed by atoms with Gasteiger partial charge in [-0.3, -0.25) is 0 Å². The molecule has 0 amide bonds. The highest BCUT2D eigenvalue weighted by Crippen LogP contribution is 1.94. The van der Waals surface area contributed by atoms with E-state index in [-0.39, 0.29) is 0 Å². The first-order chi connectivity index (χ1) is 4.43. The van der Waals surface area contributed by atoms with Gasteiger partial charge < -0.3 is 5.32 Å². The zero-order valence-corrected chi connectivity index (χ0v) is 4.70. The van der Waals surface area contributed by atoms with Crippen molar-refractivity contribution < 1.29 is 0 Å². The Morgan fingerprint density at radius 2 is 2.56 bits per heavy atom. The van der Waals surface area contributed by atoms with Gasteiger partial charge in [-0.1, -0.05) is 0 Å². The second-order valence-corrected chi connectivity index (χ2v) is 1.47. The Morgan fingerprint density at radius 3 is 3.33 bits per heavy atom. The maximum Gasteiger partial charge on any atom is 0.101 e. The van der Waals surface area contributed by atoms with Crippen LogP contribution in [-0.2, 0) is 0 Å². The van der Waals surface area contributed by atoms with E-state index in [0.29, 0.717) is 5.57 Å². The molecule has 0 unspecified atom stereocenters. The molecule has 0 spiro atoms. The molecule has 44 valence electrons. The quantitative estimate of drug-likeness (QED) is 0.506. The third-order valence-corrected chi connectivity index (χ3v) is 0.851. The first kappa shape index (κ1) is 5.57. The fraction of sp³-hybridized carbons (Fsp3) is 0. The Hall–Kier alpha value is -1.56. The minimum atomic E-state index is 0.552. The molecule has 0 fully saturated rings. The van der Waals surface area contributed by atoms with Crippen LogP contribution < -0.4 is 5.32 Å². The van der Waals surface area contributed by atoms with Crippen molar-refractivity contribution in [2.45, 2.75) is 0 Å². The Kier molecular flexibility index (Phi) is 1.66. The summed E-state index contributed by atoms with van der Waals surface area (Å²) in [6.07, 6.45) is 6.33. The highest BCUT2D eigenvalue weighted by molar-refractivity contribution is 5.59. The molecule has 0 aromatic carbocycles. The Morgan fingerprint density at radius 1 is 1.67 bits per heavy atom. The monoisotopic (exact) mass is 119 g/mol. The lowest BCUT2D eigenvalue weighted by atomic mass is 10.3. The molecule has 1 heterocycles. The van der Waals surface area contributed by atoms with E-state index in [4.69, 9.17) is 5.26 Å². The van der Waals surface area contributed by atoms with Gasteiger partial charge in [0, 0.05) is 12.4 Å². The van der Waals surface area contributed by atoms with E-state index < -0.39 is 0 Å². The van der Waals surface area contributed by atoms with Crippen molar-refractivity contribution in [3.63, 3.8) is 0 Å². The summed E-state index contributed by atoms with van der Waals surface area (Å²) in [5, 5.41) is 11.1. The molecular formula is C6H5N3. The molecule has 0 saturated carbocycles. The molecule has 1 aliphatic heterocycles. The molecule has 0 atom stereocenters. The van der Waals surface area contributed by atoms with E-state index in [9.17, 15) is 0 Å². The van der Waals surface area contributed by atoms with Gasteiger partial charge in [-0.2, -0.15) is 5.26 Å². The van der Waals surface area contributed by atoms with Gasteiger partial charge in [0.25, 0.3) is 0 Å². The van der Waals surface area contributed by atoms with Crippen LogP contribution in [-0.4, -0.2) is 6.34 Å². The molecule has 1 rings (SSSR count). The third-order valence-electron chi connectivity index (χ3n) is 0.851. The number of hydrogen-bond acceptors (Lipinski definition) is 3. The zero-order chi connectivity index (χ0) is 6.53. The summed E-state index contributed by atoms with van der Waals surface area (Å²) in [6.45, 7) is 0. The fourth-order valence-electron chi connectivity index (χ4n) is 0.451.